The monoisotopic (exact) mass is 218 g/mol. The second-order valence-electron chi connectivity index (χ2n) is 3.68. The molecule has 0 amide bonds. The Labute approximate surface area is 84.7 Å². The molecular formula is C9H9BF4N-. The summed E-state index contributed by atoms with van der Waals surface area (Å²) >= 11 is 0. The second-order valence-corrected chi connectivity index (χ2v) is 3.68. The molecule has 0 N–H and O–H groups in total. The van der Waals surface area contributed by atoms with Gasteiger partial charge in [0, 0.05) is 12.2 Å². The van der Waals surface area contributed by atoms with Crippen LogP contribution in [0.25, 0.3) is 0 Å². The van der Waals surface area contributed by atoms with Crippen molar-refractivity contribution in [2.75, 3.05) is 17.9 Å². The number of benzene rings is 1. The van der Waals surface area contributed by atoms with E-state index in [1.807, 2.05) is 0 Å². The fourth-order valence-corrected chi connectivity index (χ4v) is 1.86. The highest BCUT2D eigenvalue weighted by Gasteiger charge is 2.30. The number of rotatable bonds is 2. The predicted molar refractivity (Wildman–Crippen MR) is 51.4 cm³/mol. The Bertz CT molecular complexity index is 377. The minimum absolute atomic E-state index is 0.319. The van der Waals surface area contributed by atoms with Crippen molar-refractivity contribution >= 4 is 12.7 Å². The van der Waals surface area contributed by atoms with Crippen LogP contribution in [0.3, 0.4) is 0 Å². The lowest BCUT2D eigenvalue weighted by Crippen LogP contribution is -2.37. The van der Waals surface area contributed by atoms with Gasteiger partial charge in [0.2, 0.25) is 0 Å². The standard InChI is InChI=1S/C9H9BF4N/c11-8-2-1-7-3-4-15(9(7)5-8)6-10(12,13)14/h1-2,5H,3-4,6H2/q-1. The average Bonchev–Trinajstić information content (AvgIpc) is 2.46. The number of halogens is 4. The lowest BCUT2D eigenvalue weighted by Gasteiger charge is -2.25. The summed E-state index contributed by atoms with van der Waals surface area (Å²) in [6.07, 6.45) is -0.391. The van der Waals surface area contributed by atoms with Crippen molar-refractivity contribution in [2.24, 2.45) is 0 Å². The third-order valence-corrected chi connectivity index (χ3v) is 2.47. The van der Waals surface area contributed by atoms with Gasteiger partial charge in [0.25, 0.3) is 0 Å². The van der Waals surface area contributed by atoms with Gasteiger partial charge >= 0.3 is 6.98 Å². The van der Waals surface area contributed by atoms with Crippen LogP contribution in [0.2, 0.25) is 0 Å². The Balaban J connectivity index is 2.24. The average molecular weight is 218 g/mol. The molecule has 0 atom stereocenters. The molecule has 0 aliphatic carbocycles. The molecule has 82 valence electrons. The van der Waals surface area contributed by atoms with Crippen LogP contribution in [0.5, 0.6) is 0 Å². The third kappa shape index (κ3) is 2.24. The van der Waals surface area contributed by atoms with E-state index in [1.165, 1.54) is 17.0 Å². The Morgan fingerprint density at radius 3 is 2.67 bits per heavy atom. The summed E-state index contributed by atoms with van der Waals surface area (Å²) in [5.74, 6) is -0.490. The van der Waals surface area contributed by atoms with Crippen molar-refractivity contribution in [2.45, 2.75) is 6.42 Å². The maximum absolute atomic E-state index is 12.9. The van der Waals surface area contributed by atoms with Crippen LogP contribution in [0.15, 0.2) is 18.2 Å². The van der Waals surface area contributed by atoms with E-state index in [2.05, 4.69) is 0 Å². The molecule has 1 heterocycles. The minimum atomic E-state index is -4.86. The molecule has 1 aliphatic rings. The first-order chi connectivity index (χ1) is 6.96. The van der Waals surface area contributed by atoms with Gasteiger partial charge in [0.05, 0.1) is 0 Å². The van der Waals surface area contributed by atoms with Gasteiger partial charge in [-0.3, -0.25) is 0 Å². The van der Waals surface area contributed by atoms with Gasteiger partial charge in [-0.1, -0.05) is 6.07 Å². The summed E-state index contributed by atoms with van der Waals surface area (Å²) in [4.78, 5) is 1.19. The largest absolute Gasteiger partial charge is 0.497 e. The van der Waals surface area contributed by atoms with Crippen LogP contribution in [0.1, 0.15) is 5.56 Å². The van der Waals surface area contributed by atoms with Crippen molar-refractivity contribution < 1.29 is 17.3 Å². The molecule has 0 radical (unpaired) electrons. The van der Waals surface area contributed by atoms with Crippen LogP contribution in [-0.4, -0.2) is 20.0 Å². The van der Waals surface area contributed by atoms with Crippen LogP contribution >= 0.6 is 0 Å². The van der Waals surface area contributed by atoms with E-state index in [0.717, 1.165) is 5.56 Å². The zero-order chi connectivity index (χ0) is 11.1. The molecular weight excluding hydrogens is 209 g/mol. The quantitative estimate of drug-likeness (QED) is 0.544. The van der Waals surface area contributed by atoms with Gasteiger partial charge in [-0.15, -0.1) is 0 Å². The number of nitrogens with zero attached hydrogens (tertiary/aromatic N) is 1. The van der Waals surface area contributed by atoms with Crippen LogP contribution in [0, 0.1) is 5.82 Å². The Kier molecular flexibility index (Phi) is 2.36. The highest BCUT2D eigenvalue weighted by Crippen LogP contribution is 2.30. The van der Waals surface area contributed by atoms with E-state index in [9.17, 15) is 17.3 Å². The van der Waals surface area contributed by atoms with Crippen LogP contribution < -0.4 is 4.90 Å². The summed E-state index contributed by atoms with van der Waals surface area (Å²) < 4.78 is 49.6. The first-order valence-corrected chi connectivity index (χ1v) is 4.70. The zero-order valence-corrected chi connectivity index (χ0v) is 7.89. The first-order valence-electron chi connectivity index (χ1n) is 4.70. The number of fused-ring (bicyclic) bond motifs is 1. The molecule has 0 unspecified atom stereocenters. The topological polar surface area (TPSA) is 3.24 Å². The second kappa shape index (κ2) is 3.43. The predicted octanol–water partition coefficient (Wildman–Crippen LogP) is 2.57. The minimum Gasteiger partial charge on any atom is -0.448 e. The molecule has 0 bridgehead atoms. The third-order valence-electron chi connectivity index (χ3n) is 2.47. The number of hydrogen-bond acceptors (Lipinski definition) is 1. The molecule has 2 rings (SSSR count). The smallest absolute Gasteiger partial charge is 0.448 e. The van der Waals surface area contributed by atoms with E-state index in [1.54, 1.807) is 6.07 Å². The van der Waals surface area contributed by atoms with Crippen molar-refractivity contribution in [1.82, 2.24) is 0 Å². The Morgan fingerprint density at radius 1 is 1.27 bits per heavy atom. The molecule has 0 fully saturated rings. The highest BCUT2D eigenvalue weighted by atomic mass is 19.4. The van der Waals surface area contributed by atoms with Gasteiger partial charge in [-0.25, -0.2) is 4.39 Å². The number of anilines is 1. The molecule has 0 saturated carbocycles. The summed E-state index contributed by atoms with van der Waals surface area (Å²) in [5.41, 5.74) is 1.17. The van der Waals surface area contributed by atoms with Crippen molar-refractivity contribution in [3.63, 3.8) is 0 Å². The van der Waals surface area contributed by atoms with Gasteiger partial charge in [-0.05, 0) is 30.6 Å². The summed E-state index contributed by atoms with van der Waals surface area (Å²) in [6, 6.07) is 4.00. The molecule has 6 heteroatoms. The molecule has 1 nitrogen and oxygen atoms in total. The van der Waals surface area contributed by atoms with Gasteiger partial charge in [0.1, 0.15) is 5.82 Å². The van der Waals surface area contributed by atoms with E-state index in [4.69, 9.17) is 0 Å². The Hall–Kier alpha value is -1.20. The SMILES string of the molecule is Fc1ccc2c(c1)N(C[B-](F)(F)F)CC2. The molecule has 15 heavy (non-hydrogen) atoms. The van der Waals surface area contributed by atoms with Crippen LogP contribution in [0.4, 0.5) is 23.0 Å². The maximum atomic E-state index is 12.9. The highest BCUT2D eigenvalue weighted by molar-refractivity contribution is 6.59. The molecule has 1 aromatic rings. The summed E-state index contributed by atoms with van der Waals surface area (Å²) in [7, 11) is 0. The van der Waals surface area contributed by atoms with Gasteiger partial charge in [0.15, 0.2) is 0 Å². The van der Waals surface area contributed by atoms with Gasteiger partial charge < -0.3 is 17.8 Å². The normalized spacial score (nSPS) is 15.6. The van der Waals surface area contributed by atoms with Crippen molar-refractivity contribution in [1.29, 1.82) is 0 Å². The lowest BCUT2D eigenvalue weighted by atomic mass is 9.91. The van der Waals surface area contributed by atoms with Crippen LogP contribution in [-0.2, 0) is 6.42 Å². The lowest BCUT2D eigenvalue weighted by molar-refractivity contribution is 0.468. The van der Waals surface area contributed by atoms with Crippen molar-refractivity contribution in [3.05, 3.63) is 29.6 Å². The zero-order valence-electron chi connectivity index (χ0n) is 7.89. The van der Waals surface area contributed by atoms with Crippen molar-refractivity contribution in [3.8, 4) is 0 Å². The van der Waals surface area contributed by atoms with E-state index in [0.29, 0.717) is 18.7 Å². The number of hydrogen-bond donors (Lipinski definition) is 0. The molecule has 0 aromatic heterocycles. The van der Waals surface area contributed by atoms with E-state index in [-0.39, 0.29) is 0 Å². The maximum Gasteiger partial charge on any atom is 0.497 e. The fraction of sp³-hybridized carbons (Fsp3) is 0.333. The molecule has 0 spiro atoms. The first kappa shape index (κ1) is 10.3. The summed E-state index contributed by atoms with van der Waals surface area (Å²) in [6.45, 7) is -4.54. The molecule has 0 saturated heterocycles. The summed E-state index contributed by atoms with van der Waals surface area (Å²) in [5, 5.41) is 0. The fourth-order valence-electron chi connectivity index (χ4n) is 1.86. The Morgan fingerprint density at radius 2 is 2.00 bits per heavy atom. The van der Waals surface area contributed by atoms with Gasteiger partial charge in [-0.2, -0.15) is 0 Å². The van der Waals surface area contributed by atoms with E-state index >= 15 is 0 Å². The molecule has 1 aliphatic heterocycles. The molecule has 1 aromatic carbocycles. The van der Waals surface area contributed by atoms with E-state index < -0.39 is 19.2 Å².